The van der Waals surface area contributed by atoms with Crippen LogP contribution < -0.4 is 10.6 Å². The number of rotatable bonds is 5. The summed E-state index contributed by atoms with van der Waals surface area (Å²) >= 11 is 3.39. The second-order valence-electron chi connectivity index (χ2n) is 4.71. The minimum atomic E-state index is -0.324. The van der Waals surface area contributed by atoms with E-state index in [9.17, 15) is 9.18 Å². The van der Waals surface area contributed by atoms with Crippen LogP contribution in [0.25, 0.3) is 0 Å². The zero-order chi connectivity index (χ0) is 15.2. The van der Waals surface area contributed by atoms with Crippen LogP contribution in [0.2, 0.25) is 0 Å². The van der Waals surface area contributed by atoms with Gasteiger partial charge in [-0.15, -0.1) is 0 Å². The monoisotopic (exact) mass is 350 g/mol. The molecular formula is C16H16BrFN2O. The predicted molar refractivity (Wildman–Crippen MR) is 85.6 cm³/mol. The molecule has 0 bridgehead atoms. The minimum absolute atomic E-state index is 0.0667. The van der Waals surface area contributed by atoms with Crippen LogP contribution >= 0.6 is 15.9 Å². The average Bonchev–Trinajstić information content (AvgIpc) is 2.48. The van der Waals surface area contributed by atoms with Gasteiger partial charge in [0, 0.05) is 16.2 Å². The zero-order valence-corrected chi connectivity index (χ0v) is 13.2. The molecule has 1 atom stereocenters. The van der Waals surface area contributed by atoms with E-state index in [2.05, 4.69) is 26.6 Å². The van der Waals surface area contributed by atoms with Crippen molar-refractivity contribution in [2.75, 3.05) is 11.9 Å². The van der Waals surface area contributed by atoms with Crippen molar-refractivity contribution < 1.29 is 9.18 Å². The Hall–Kier alpha value is -1.72. The third-order valence-electron chi connectivity index (χ3n) is 3.07. The number of hydrogen-bond acceptors (Lipinski definition) is 2. The number of anilines is 1. The lowest BCUT2D eigenvalue weighted by atomic mass is 10.1. The molecule has 2 aromatic rings. The highest BCUT2D eigenvalue weighted by Crippen LogP contribution is 2.16. The highest BCUT2D eigenvalue weighted by molar-refractivity contribution is 9.10. The van der Waals surface area contributed by atoms with Crippen molar-refractivity contribution in [2.45, 2.75) is 13.0 Å². The van der Waals surface area contributed by atoms with Crippen LogP contribution in [0.5, 0.6) is 0 Å². The number of amides is 1. The van der Waals surface area contributed by atoms with E-state index >= 15 is 0 Å². The van der Waals surface area contributed by atoms with Gasteiger partial charge in [0.15, 0.2) is 0 Å². The summed E-state index contributed by atoms with van der Waals surface area (Å²) in [6.07, 6.45) is 0. The smallest absolute Gasteiger partial charge is 0.238 e. The Kier molecular flexibility index (Phi) is 5.47. The molecule has 2 rings (SSSR count). The fourth-order valence-corrected chi connectivity index (χ4v) is 2.12. The van der Waals surface area contributed by atoms with Crippen LogP contribution in [-0.2, 0) is 4.79 Å². The van der Waals surface area contributed by atoms with Gasteiger partial charge in [-0.2, -0.15) is 0 Å². The Balaban J connectivity index is 1.83. The lowest BCUT2D eigenvalue weighted by Gasteiger charge is -2.14. The van der Waals surface area contributed by atoms with Crippen molar-refractivity contribution in [2.24, 2.45) is 0 Å². The molecular weight excluding hydrogens is 335 g/mol. The van der Waals surface area contributed by atoms with Crippen molar-refractivity contribution in [1.82, 2.24) is 5.32 Å². The summed E-state index contributed by atoms with van der Waals surface area (Å²) in [7, 11) is 0. The first-order valence-corrected chi connectivity index (χ1v) is 7.38. The van der Waals surface area contributed by atoms with Gasteiger partial charge in [0.2, 0.25) is 5.91 Å². The molecule has 3 nitrogen and oxygen atoms in total. The van der Waals surface area contributed by atoms with Crippen LogP contribution in [0.4, 0.5) is 10.1 Å². The molecule has 110 valence electrons. The summed E-state index contributed by atoms with van der Waals surface area (Å²) < 4.78 is 13.8. The summed E-state index contributed by atoms with van der Waals surface area (Å²) in [6, 6.07) is 13.7. The maximum Gasteiger partial charge on any atom is 0.238 e. The summed E-state index contributed by atoms with van der Waals surface area (Å²) in [5.41, 5.74) is 1.69. The Labute approximate surface area is 131 Å². The highest BCUT2D eigenvalue weighted by atomic mass is 79.9. The van der Waals surface area contributed by atoms with E-state index in [1.54, 1.807) is 0 Å². The molecule has 0 fully saturated rings. The highest BCUT2D eigenvalue weighted by Gasteiger charge is 2.08. The summed E-state index contributed by atoms with van der Waals surface area (Å²) in [6.45, 7) is 2.18. The van der Waals surface area contributed by atoms with Gasteiger partial charge in [0.1, 0.15) is 5.82 Å². The van der Waals surface area contributed by atoms with Crippen LogP contribution in [0.1, 0.15) is 18.5 Å². The number of nitrogens with one attached hydrogen (secondary N) is 2. The molecule has 0 unspecified atom stereocenters. The van der Waals surface area contributed by atoms with E-state index in [4.69, 9.17) is 0 Å². The first-order valence-electron chi connectivity index (χ1n) is 6.59. The molecule has 2 N–H and O–H groups in total. The third kappa shape index (κ3) is 4.95. The zero-order valence-electron chi connectivity index (χ0n) is 11.6. The number of carbonyl (C=O) groups excluding carboxylic acids is 1. The number of carbonyl (C=O) groups is 1. The van der Waals surface area contributed by atoms with E-state index in [-0.39, 0.29) is 24.3 Å². The van der Waals surface area contributed by atoms with E-state index in [0.717, 1.165) is 10.0 Å². The summed E-state index contributed by atoms with van der Waals surface area (Å²) in [5.74, 6) is -0.486. The summed E-state index contributed by atoms with van der Waals surface area (Å²) in [5, 5.41) is 5.86. The Morgan fingerprint density at radius 3 is 2.38 bits per heavy atom. The van der Waals surface area contributed by atoms with E-state index < -0.39 is 0 Å². The van der Waals surface area contributed by atoms with Gasteiger partial charge in [0.05, 0.1) is 6.54 Å². The Morgan fingerprint density at radius 1 is 1.14 bits per heavy atom. The van der Waals surface area contributed by atoms with Crippen LogP contribution in [0.3, 0.4) is 0 Å². The van der Waals surface area contributed by atoms with Gasteiger partial charge >= 0.3 is 0 Å². The first-order chi connectivity index (χ1) is 10.0. The molecule has 0 saturated carbocycles. The summed E-state index contributed by atoms with van der Waals surface area (Å²) in [4.78, 5) is 11.8. The Morgan fingerprint density at radius 2 is 1.76 bits per heavy atom. The van der Waals surface area contributed by atoms with Gasteiger partial charge in [-0.05, 0) is 48.9 Å². The quantitative estimate of drug-likeness (QED) is 0.859. The van der Waals surface area contributed by atoms with Crippen molar-refractivity contribution in [3.05, 3.63) is 64.4 Å². The molecule has 0 aliphatic carbocycles. The van der Waals surface area contributed by atoms with Gasteiger partial charge in [0.25, 0.3) is 0 Å². The fraction of sp³-hybridized carbons (Fsp3) is 0.188. The number of hydrogen-bond donors (Lipinski definition) is 2. The predicted octanol–water partition coefficient (Wildman–Crippen LogP) is 3.88. The molecule has 0 aliphatic rings. The van der Waals surface area contributed by atoms with Crippen molar-refractivity contribution in [3.8, 4) is 0 Å². The standard InChI is InChI=1S/C16H16BrFN2O/c1-11(12-2-4-13(17)5-3-12)19-10-16(21)20-15-8-6-14(18)7-9-15/h2-9,11,19H,10H2,1H3,(H,20,21)/t11-/m1/s1. The third-order valence-corrected chi connectivity index (χ3v) is 3.60. The van der Waals surface area contributed by atoms with E-state index in [1.165, 1.54) is 24.3 Å². The van der Waals surface area contributed by atoms with Gasteiger partial charge in [-0.3, -0.25) is 4.79 Å². The molecule has 0 radical (unpaired) electrons. The van der Waals surface area contributed by atoms with E-state index in [0.29, 0.717) is 5.69 Å². The van der Waals surface area contributed by atoms with Crippen molar-refractivity contribution >= 4 is 27.5 Å². The second-order valence-corrected chi connectivity index (χ2v) is 5.62. The fourth-order valence-electron chi connectivity index (χ4n) is 1.85. The first kappa shape index (κ1) is 15.7. The topological polar surface area (TPSA) is 41.1 Å². The number of halogens is 2. The molecule has 2 aromatic carbocycles. The lowest BCUT2D eigenvalue weighted by molar-refractivity contribution is -0.115. The van der Waals surface area contributed by atoms with Gasteiger partial charge in [-0.1, -0.05) is 28.1 Å². The molecule has 0 saturated heterocycles. The molecule has 0 spiro atoms. The van der Waals surface area contributed by atoms with Gasteiger partial charge < -0.3 is 10.6 Å². The largest absolute Gasteiger partial charge is 0.325 e. The molecule has 1 amide bonds. The normalized spacial score (nSPS) is 12.0. The van der Waals surface area contributed by atoms with Crippen LogP contribution in [0, 0.1) is 5.82 Å². The Bertz CT molecular complexity index is 599. The molecule has 0 aliphatic heterocycles. The van der Waals surface area contributed by atoms with Gasteiger partial charge in [-0.25, -0.2) is 4.39 Å². The van der Waals surface area contributed by atoms with Crippen molar-refractivity contribution in [3.63, 3.8) is 0 Å². The SMILES string of the molecule is C[C@@H](NCC(=O)Nc1ccc(F)cc1)c1ccc(Br)cc1. The van der Waals surface area contributed by atoms with E-state index in [1.807, 2.05) is 31.2 Å². The number of benzene rings is 2. The minimum Gasteiger partial charge on any atom is -0.325 e. The van der Waals surface area contributed by atoms with Crippen molar-refractivity contribution in [1.29, 1.82) is 0 Å². The molecule has 5 heteroatoms. The lowest BCUT2D eigenvalue weighted by Crippen LogP contribution is -2.30. The average molecular weight is 351 g/mol. The second kappa shape index (κ2) is 7.33. The van der Waals surface area contributed by atoms with Crippen LogP contribution in [-0.4, -0.2) is 12.5 Å². The molecule has 0 heterocycles. The molecule has 0 aromatic heterocycles. The maximum absolute atomic E-state index is 12.8. The molecule has 21 heavy (non-hydrogen) atoms. The van der Waals surface area contributed by atoms with Crippen LogP contribution in [0.15, 0.2) is 53.0 Å². The maximum atomic E-state index is 12.8.